The van der Waals surface area contributed by atoms with Crippen molar-refractivity contribution in [1.29, 1.82) is 0 Å². The van der Waals surface area contributed by atoms with Gasteiger partial charge in [-0.1, -0.05) is 27.2 Å². The van der Waals surface area contributed by atoms with Gasteiger partial charge < -0.3 is 5.32 Å². The lowest BCUT2D eigenvalue weighted by atomic mass is 9.95. The summed E-state index contributed by atoms with van der Waals surface area (Å²) in [6.07, 6.45) is 5.56. The van der Waals surface area contributed by atoms with E-state index in [4.69, 9.17) is 0 Å². The van der Waals surface area contributed by atoms with Crippen LogP contribution in [0, 0.1) is 5.92 Å². The van der Waals surface area contributed by atoms with Crippen molar-refractivity contribution in [2.45, 2.75) is 52.6 Å². The van der Waals surface area contributed by atoms with Gasteiger partial charge in [0, 0.05) is 24.5 Å². The molecular formula is C12H23N3. The molecule has 0 spiro atoms. The second kappa shape index (κ2) is 6.62. The number of H-pyrrole nitrogens is 1. The van der Waals surface area contributed by atoms with Gasteiger partial charge in [-0.25, -0.2) is 0 Å². The van der Waals surface area contributed by atoms with Crippen molar-refractivity contribution in [3.8, 4) is 0 Å². The highest BCUT2D eigenvalue weighted by atomic mass is 15.1. The fourth-order valence-corrected chi connectivity index (χ4v) is 2.03. The van der Waals surface area contributed by atoms with E-state index in [9.17, 15) is 0 Å². The van der Waals surface area contributed by atoms with Crippen LogP contribution in [-0.2, 0) is 6.54 Å². The summed E-state index contributed by atoms with van der Waals surface area (Å²) in [5.74, 6) is 0.753. The second-order valence-corrected chi connectivity index (χ2v) is 4.24. The Morgan fingerprint density at radius 1 is 1.47 bits per heavy atom. The lowest BCUT2D eigenvalue weighted by Crippen LogP contribution is -2.34. The predicted molar refractivity (Wildman–Crippen MR) is 63.6 cm³/mol. The molecule has 0 radical (unpaired) electrons. The van der Waals surface area contributed by atoms with Gasteiger partial charge in [-0.3, -0.25) is 5.10 Å². The van der Waals surface area contributed by atoms with Crippen LogP contribution in [0.3, 0.4) is 0 Å². The van der Waals surface area contributed by atoms with Gasteiger partial charge in [-0.05, 0) is 24.8 Å². The van der Waals surface area contributed by atoms with Crippen LogP contribution in [0.25, 0.3) is 0 Å². The van der Waals surface area contributed by atoms with Crippen LogP contribution in [0.4, 0.5) is 0 Å². The molecule has 0 aliphatic heterocycles. The van der Waals surface area contributed by atoms with E-state index < -0.39 is 0 Å². The van der Waals surface area contributed by atoms with Gasteiger partial charge in [0.15, 0.2) is 0 Å². The maximum Gasteiger partial charge on any atom is 0.0490 e. The third kappa shape index (κ3) is 4.04. The molecule has 1 aromatic heterocycles. The van der Waals surface area contributed by atoms with Crippen molar-refractivity contribution in [2.75, 3.05) is 0 Å². The molecule has 0 saturated carbocycles. The molecule has 1 aromatic rings. The lowest BCUT2D eigenvalue weighted by Gasteiger charge is -2.23. The molecule has 0 amide bonds. The first kappa shape index (κ1) is 12.2. The number of aromatic nitrogens is 2. The van der Waals surface area contributed by atoms with Crippen LogP contribution < -0.4 is 5.32 Å². The highest BCUT2D eigenvalue weighted by molar-refractivity contribution is 4.97. The highest BCUT2D eigenvalue weighted by Gasteiger charge is 2.13. The summed E-state index contributed by atoms with van der Waals surface area (Å²) in [5.41, 5.74) is 1.16. The van der Waals surface area contributed by atoms with E-state index in [0.29, 0.717) is 6.04 Å². The summed E-state index contributed by atoms with van der Waals surface area (Å²) in [6.45, 7) is 7.72. The molecule has 0 aliphatic carbocycles. The molecule has 3 heteroatoms. The Morgan fingerprint density at radius 3 is 2.80 bits per heavy atom. The van der Waals surface area contributed by atoms with Crippen molar-refractivity contribution >= 4 is 0 Å². The molecule has 0 saturated heterocycles. The van der Waals surface area contributed by atoms with Crippen LogP contribution in [0.5, 0.6) is 0 Å². The van der Waals surface area contributed by atoms with Crippen LogP contribution in [0.2, 0.25) is 0 Å². The molecule has 0 aromatic carbocycles. The standard InChI is InChI=1S/C12H23N3/c1-4-6-10(3)12(5-2)13-9-11-7-8-14-15-11/h7-8,10,12-13H,4-6,9H2,1-3H3,(H,14,15). The van der Waals surface area contributed by atoms with Gasteiger partial charge >= 0.3 is 0 Å². The van der Waals surface area contributed by atoms with Crippen molar-refractivity contribution in [3.05, 3.63) is 18.0 Å². The Kier molecular flexibility index (Phi) is 5.40. The maximum atomic E-state index is 3.94. The average Bonchev–Trinajstić information content (AvgIpc) is 2.72. The van der Waals surface area contributed by atoms with Gasteiger partial charge in [-0.15, -0.1) is 0 Å². The highest BCUT2D eigenvalue weighted by Crippen LogP contribution is 2.13. The Balaban J connectivity index is 2.33. The first-order chi connectivity index (χ1) is 7.27. The molecule has 1 heterocycles. The third-order valence-corrected chi connectivity index (χ3v) is 2.98. The largest absolute Gasteiger partial charge is 0.308 e. The smallest absolute Gasteiger partial charge is 0.0490 e. The average molecular weight is 209 g/mol. The Labute approximate surface area is 92.7 Å². The summed E-state index contributed by atoms with van der Waals surface area (Å²) in [7, 11) is 0. The fraction of sp³-hybridized carbons (Fsp3) is 0.750. The van der Waals surface area contributed by atoms with E-state index in [-0.39, 0.29) is 0 Å². The minimum absolute atomic E-state index is 0.619. The van der Waals surface area contributed by atoms with Gasteiger partial charge in [0.05, 0.1) is 0 Å². The van der Waals surface area contributed by atoms with Gasteiger partial charge in [0.25, 0.3) is 0 Å². The van der Waals surface area contributed by atoms with Crippen molar-refractivity contribution < 1.29 is 0 Å². The van der Waals surface area contributed by atoms with Crippen molar-refractivity contribution in [3.63, 3.8) is 0 Å². The van der Waals surface area contributed by atoms with E-state index in [2.05, 4.69) is 36.3 Å². The van der Waals surface area contributed by atoms with Gasteiger partial charge in [-0.2, -0.15) is 5.10 Å². The summed E-state index contributed by atoms with van der Waals surface area (Å²) < 4.78 is 0. The molecule has 2 unspecified atom stereocenters. The van der Waals surface area contributed by atoms with Crippen LogP contribution in [0.1, 0.15) is 45.7 Å². The van der Waals surface area contributed by atoms with E-state index >= 15 is 0 Å². The summed E-state index contributed by atoms with van der Waals surface area (Å²) in [4.78, 5) is 0. The predicted octanol–water partition coefficient (Wildman–Crippen LogP) is 2.71. The lowest BCUT2D eigenvalue weighted by molar-refractivity contribution is 0.343. The molecule has 0 fully saturated rings. The Hall–Kier alpha value is -0.830. The number of nitrogens with zero attached hydrogens (tertiary/aromatic N) is 1. The van der Waals surface area contributed by atoms with E-state index in [0.717, 1.165) is 18.2 Å². The number of nitrogens with one attached hydrogen (secondary N) is 2. The molecule has 1 rings (SSSR count). The van der Waals surface area contributed by atoms with E-state index in [1.807, 2.05) is 6.07 Å². The first-order valence-corrected chi connectivity index (χ1v) is 5.99. The van der Waals surface area contributed by atoms with Crippen molar-refractivity contribution in [1.82, 2.24) is 15.5 Å². The SMILES string of the molecule is CCCC(C)C(CC)NCc1ccn[nH]1. The summed E-state index contributed by atoms with van der Waals surface area (Å²) in [6, 6.07) is 2.64. The minimum atomic E-state index is 0.619. The quantitative estimate of drug-likeness (QED) is 0.725. The molecular weight excluding hydrogens is 186 g/mol. The summed E-state index contributed by atoms with van der Waals surface area (Å²) >= 11 is 0. The minimum Gasteiger partial charge on any atom is -0.308 e. The number of rotatable bonds is 7. The van der Waals surface area contributed by atoms with Crippen LogP contribution in [0.15, 0.2) is 12.3 Å². The molecule has 2 atom stereocenters. The van der Waals surface area contributed by atoms with Gasteiger partial charge in [0.2, 0.25) is 0 Å². The first-order valence-electron chi connectivity index (χ1n) is 5.99. The van der Waals surface area contributed by atoms with Crippen LogP contribution >= 0.6 is 0 Å². The summed E-state index contributed by atoms with van der Waals surface area (Å²) in [5, 5.41) is 10.5. The second-order valence-electron chi connectivity index (χ2n) is 4.24. The Bertz CT molecular complexity index is 243. The van der Waals surface area contributed by atoms with E-state index in [1.54, 1.807) is 6.20 Å². The zero-order chi connectivity index (χ0) is 11.1. The maximum absolute atomic E-state index is 3.94. The number of aromatic amines is 1. The van der Waals surface area contributed by atoms with E-state index in [1.165, 1.54) is 19.3 Å². The Morgan fingerprint density at radius 2 is 2.27 bits per heavy atom. The molecule has 86 valence electrons. The van der Waals surface area contributed by atoms with Crippen LogP contribution in [-0.4, -0.2) is 16.2 Å². The monoisotopic (exact) mass is 209 g/mol. The van der Waals surface area contributed by atoms with Crippen molar-refractivity contribution in [2.24, 2.45) is 5.92 Å². The fourth-order valence-electron chi connectivity index (χ4n) is 2.03. The number of hydrogen-bond donors (Lipinski definition) is 2. The normalized spacial score (nSPS) is 15.1. The molecule has 0 bridgehead atoms. The zero-order valence-electron chi connectivity index (χ0n) is 10.1. The number of hydrogen-bond acceptors (Lipinski definition) is 2. The molecule has 15 heavy (non-hydrogen) atoms. The third-order valence-electron chi connectivity index (χ3n) is 2.98. The molecule has 2 N–H and O–H groups in total. The molecule has 3 nitrogen and oxygen atoms in total. The van der Waals surface area contributed by atoms with Gasteiger partial charge in [0.1, 0.15) is 0 Å². The topological polar surface area (TPSA) is 40.7 Å². The zero-order valence-corrected chi connectivity index (χ0v) is 10.1. The molecule has 0 aliphatic rings.